The molecule has 1 N–H and O–H groups in total. The second-order valence-electron chi connectivity index (χ2n) is 6.48. The third-order valence-electron chi connectivity index (χ3n) is 2.98. The highest BCUT2D eigenvalue weighted by Gasteiger charge is 2.18. The van der Waals surface area contributed by atoms with E-state index in [1.807, 2.05) is 0 Å². The molecule has 1 aromatic carbocycles. The fourth-order valence-corrected chi connectivity index (χ4v) is 2.73. The van der Waals surface area contributed by atoms with E-state index in [0.717, 1.165) is 6.54 Å². The van der Waals surface area contributed by atoms with E-state index in [2.05, 4.69) is 80.1 Å². The van der Waals surface area contributed by atoms with Crippen molar-refractivity contribution in [3.05, 3.63) is 34.3 Å². The van der Waals surface area contributed by atoms with E-state index in [1.165, 1.54) is 16.5 Å². The number of halogens is 1. The van der Waals surface area contributed by atoms with Crippen molar-refractivity contribution in [1.82, 2.24) is 5.32 Å². The zero-order valence-electron chi connectivity index (χ0n) is 12.3. The summed E-state index contributed by atoms with van der Waals surface area (Å²) in [5, 5.41) is 3.63. The van der Waals surface area contributed by atoms with Crippen LogP contribution in [0.3, 0.4) is 0 Å². The SMILES string of the molecule is CC(C)CC(CNC(C)(C)C)c1ccccc1Br. The van der Waals surface area contributed by atoms with Gasteiger partial charge in [-0.05, 0) is 50.7 Å². The van der Waals surface area contributed by atoms with Crippen molar-refractivity contribution >= 4 is 15.9 Å². The second-order valence-corrected chi connectivity index (χ2v) is 7.33. The molecule has 18 heavy (non-hydrogen) atoms. The van der Waals surface area contributed by atoms with Gasteiger partial charge in [0.2, 0.25) is 0 Å². The predicted molar refractivity (Wildman–Crippen MR) is 84.1 cm³/mol. The van der Waals surface area contributed by atoms with Gasteiger partial charge < -0.3 is 5.32 Å². The van der Waals surface area contributed by atoms with Gasteiger partial charge in [0, 0.05) is 16.6 Å². The summed E-state index contributed by atoms with van der Waals surface area (Å²) < 4.78 is 1.23. The highest BCUT2D eigenvalue weighted by atomic mass is 79.9. The van der Waals surface area contributed by atoms with Gasteiger partial charge in [-0.3, -0.25) is 0 Å². The smallest absolute Gasteiger partial charge is 0.0210 e. The summed E-state index contributed by atoms with van der Waals surface area (Å²) >= 11 is 3.68. The van der Waals surface area contributed by atoms with Crippen molar-refractivity contribution in [2.75, 3.05) is 6.54 Å². The van der Waals surface area contributed by atoms with Gasteiger partial charge in [0.05, 0.1) is 0 Å². The zero-order valence-corrected chi connectivity index (χ0v) is 13.8. The summed E-state index contributed by atoms with van der Waals surface area (Å²) in [6.45, 7) is 12.3. The Hall–Kier alpha value is -0.340. The van der Waals surface area contributed by atoms with Gasteiger partial charge in [0.1, 0.15) is 0 Å². The minimum Gasteiger partial charge on any atom is -0.311 e. The molecule has 1 unspecified atom stereocenters. The van der Waals surface area contributed by atoms with E-state index in [9.17, 15) is 0 Å². The number of nitrogens with one attached hydrogen (secondary N) is 1. The van der Waals surface area contributed by atoms with Crippen molar-refractivity contribution in [1.29, 1.82) is 0 Å². The maximum atomic E-state index is 3.68. The lowest BCUT2D eigenvalue weighted by atomic mass is 9.89. The molecular weight excluding hydrogens is 286 g/mol. The molecule has 0 aliphatic rings. The molecule has 1 rings (SSSR count). The summed E-state index contributed by atoms with van der Waals surface area (Å²) in [5.74, 6) is 1.28. The van der Waals surface area contributed by atoms with Crippen LogP contribution in [-0.2, 0) is 0 Å². The van der Waals surface area contributed by atoms with E-state index in [0.29, 0.717) is 11.8 Å². The van der Waals surface area contributed by atoms with Crippen molar-refractivity contribution in [3.63, 3.8) is 0 Å². The van der Waals surface area contributed by atoms with Crippen LogP contribution in [0.1, 0.15) is 52.5 Å². The van der Waals surface area contributed by atoms with Gasteiger partial charge in [-0.25, -0.2) is 0 Å². The number of rotatable bonds is 5. The lowest BCUT2D eigenvalue weighted by Gasteiger charge is -2.27. The Morgan fingerprint density at radius 3 is 2.28 bits per heavy atom. The highest BCUT2D eigenvalue weighted by molar-refractivity contribution is 9.10. The number of hydrogen-bond donors (Lipinski definition) is 1. The third-order valence-corrected chi connectivity index (χ3v) is 3.70. The summed E-state index contributed by atoms with van der Waals surface area (Å²) in [6.07, 6.45) is 1.21. The standard InChI is InChI=1S/C16H26BrN/c1-12(2)10-13(11-18-16(3,4)5)14-8-6-7-9-15(14)17/h6-9,12-13,18H,10-11H2,1-5H3. The summed E-state index contributed by atoms with van der Waals surface area (Å²) in [4.78, 5) is 0. The average molecular weight is 312 g/mol. The molecule has 0 amide bonds. The molecule has 0 aliphatic heterocycles. The largest absolute Gasteiger partial charge is 0.311 e. The fraction of sp³-hybridized carbons (Fsp3) is 0.625. The Balaban J connectivity index is 2.82. The summed E-state index contributed by atoms with van der Waals surface area (Å²) in [5.41, 5.74) is 1.60. The van der Waals surface area contributed by atoms with Crippen molar-refractivity contribution in [3.8, 4) is 0 Å². The monoisotopic (exact) mass is 311 g/mol. The molecule has 1 nitrogen and oxygen atoms in total. The van der Waals surface area contributed by atoms with Gasteiger partial charge >= 0.3 is 0 Å². The Kier molecular flexibility index (Phi) is 5.87. The first-order chi connectivity index (χ1) is 8.29. The van der Waals surface area contributed by atoms with Crippen LogP contribution in [-0.4, -0.2) is 12.1 Å². The van der Waals surface area contributed by atoms with Crippen molar-refractivity contribution < 1.29 is 0 Å². The molecule has 1 atom stereocenters. The van der Waals surface area contributed by atoms with Crippen molar-refractivity contribution in [2.24, 2.45) is 5.92 Å². The van der Waals surface area contributed by atoms with Crippen LogP contribution in [0.4, 0.5) is 0 Å². The molecule has 0 spiro atoms. The molecule has 1 aromatic rings. The quantitative estimate of drug-likeness (QED) is 0.809. The predicted octanol–water partition coefficient (Wildman–Crippen LogP) is 4.97. The van der Waals surface area contributed by atoms with Crippen LogP contribution in [0.2, 0.25) is 0 Å². The highest BCUT2D eigenvalue weighted by Crippen LogP contribution is 2.29. The topological polar surface area (TPSA) is 12.0 Å². The lowest BCUT2D eigenvalue weighted by molar-refractivity contribution is 0.381. The lowest BCUT2D eigenvalue weighted by Crippen LogP contribution is -2.38. The Labute approximate surface area is 120 Å². The van der Waals surface area contributed by atoms with Gasteiger partial charge in [-0.15, -0.1) is 0 Å². The normalized spacial score (nSPS) is 13.9. The minimum atomic E-state index is 0.177. The molecule has 0 radical (unpaired) electrons. The molecular formula is C16H26BrN. The van der Waals surface area contributed by atoms with Crippen LogP contribution in [0, 0.1) is 5.92 Å². The Morgan fingerprint density at radius 2 is 1.78 bits per heavy atom. The van der Waals surface area contributed by atoms with Crippen LogP contribution < -0.4 is 5.32 Å². The second kappa shape index (κ2) is 6.72. The first-order valence-corrected chi connectivity index (χ1v) is 7.58. The maximum Gasteiger partial charge on any atom is 0.0210 e. The van der Waals surface area contributed by atoms with Gasteiger partial charge in [0.15, 0.2) is 0 Å². The molecule has 0 bridgehead atoms. The van der Waals surface area contributed by atoms with E-state index in [1.54, 1.807) is 0 Å². The van der Waals surface area contributed by atoms with Gasteiger partial charge in [-0.1, -0.05) is 48.0 Å². The summed E-state index contributed by atoms with van der Waals surface area (Å²) in [6, 6.07) is 8.59. The fourth-order valence-electron chi connectivity index (χ4n) is 2.12. The van der Waals surface area contributed by atoms with Gasteiger partial charge in [0.25, 0.3) is 0 Å². The molecule has 0 aliphatic carbocycles. The maximum absolute atomic E-state index is 3.68. The first-order valence-electron chi connectivity index (χ1n) is 6.79. The summed E-state index contributed by atoms with van der Waals surface area (Å²) in [7, 11) is 0. The molecule has 102 valence electrons. The van der Waals surface area contributed by atoms with Crippen LogP contribution >= 0.6 is 15.9 Å². The molecule has 2 heteroatoms. The molecule has 0 fully saturated rings. The van der Waals surface area contributed by atoms with Crippen LogP contribution in [0.5, 0.6) is 0 Å². The first kappa shape index (κ1) is 15.7. The zero-order chi connectivity index (χ0) is 13.8. The number of hydrogen-bond acceptors (Lipinski definition) is 1. The Morgan fingerprint density at radius 1 is 1.17 bits per heavy atom. The minimum absolute atomic E-state index is 0.177. The van der Waals surface area contributed by atoms with Crippen molar-refractivity contribution in [2.45, 2.75) is 52.5 Å². The van der Waals surface area contributed by atoms with E-state index in [-0.39, 0.29) is 5.54 Å². The van der Waals surface area contributed by atoms with Crippen LogP contribution in [0.25, 0.3) is 0 Å². The molecule has 0 saturated heterocycles. The molecule has 0 heterocycles. The third kappa shape index (κ3) is 5.53. The average Bonchev–Trinajstić information content (AvgIpc) is 2.23. The van der Waals surface area contributed by atoms with Crippen LogP contribution in [0.15, 0.2) is 28.7 Å². The molecule has 0 saturated carbocycles. The molecule has 0 aromatic heterocycles. The van der Waals surface area contributed by atoms with Gasteiger partial charge in [-0.2, -0.15) is 0 Å². The Bertz CT molecular complexity index is 366. The van der Waals surface area contributed by atoms with E-state index >= 15 is 0 Å². The number of benzene rings is 1. The van der Waals surface area contributed by atoms with E-state index in [4.69, 9.17) is 0 Å². The van der Waals surface area contributed by atoms with E-state index < -0.39 is 0 Å².